The molecule has 4 N–H and O–H groups in total. The fraction of sp³-hybridized carbons (Fsp3) is 0.576. The van der Waals surface area contributed by atoms with E-state index in [1.165, 1.54) is 14.0 Å². The van der Waals surface area contributed by atoms with Gasteiger partial charge in [0.05, 0.1) is 6.10 Å². The van der Waals surface area contributed by atoms with E-state index in [9.17, 15) is 29.4 Å². The van der Waals surface area contributed by atoms with Crippen molar-refractivity contribution < 1.29 is 48.3 Å². The topological polar surface area (TPSA) is 173 Å². The number of amides is 1. The summed E-state index contributed by atoms with van der Waals surface area (Å²) in [6.07, 6.45) is 1.50. The van der Waals surface area contributed by atoms with Gasteiger partial charge in [-0.05, 0) is 64.3 Å². The monoisotopic (exact) mass is 628 g/mol. The summed E-state index contributed by atoms with van der Waals surface area (Å²) in [6.45, 7) is 11.9. The van der Waals surface area contributed by atoms with Crippen LogP contribution in [0, 0.1) is 17.8 Å². The average Bonchev–Trinajstić information content (AvgIpc) is 3.58. The average molecular weight is 629 g/mol. The number of hydrogen-bond donors (Lipinski definition) is 4. The van der Waals surface area contributed by atoms with Gasteiger partial charge < -0.3 is 39.5 Å². The highest BCUT2D eigenvalue weighted by molar-refractivity contribution is 6.32. The minimum atomic E-state index is -1.79. The Labute approximate surface area is 262 Å². The Bertz CT molecular complexity index is 1400. The molecular weight excluding hydrogens is 584 g/mol. The highest BCUT2D eigenvalue weighted by Gasteiger charge is 2.55. The number of esters is 3. The molecule has 0 bridgehead atoms. The van der Waals surface area contributed by atoms with Crippen LogP contribution in [0.1, 0.15) is 65.4 Å². The Balaban J connectivity index is 1.71. The molecular formula is C33H44N2O10. The lowest BCUT2D eigenvalue weighted by molar-refractivity contribution is -0.179. The largest absolute Gasteiger partial charge is 0.456 e. The molecule has 4 rings (SSSR count). The number of hydrogen-bond acceptors (Lipinski definition) is 10. The van der Waals surface area contributed by atoms with E-state index in [0.717, 1.165) is 0 Å². The van der Waals surface area contributed by atoms with Crippen LogP contribution in [-0.4, -0.2) is 87.8 Å². The smallest absolute Gasteiger partial charge is 0.397 e. The summed E-state index contributed by atoms with van der Waals surface area (Å²) in [5.74, 6) is -5.33. The number of aromatic nitrogens is 1. The molecule has 2 aliphatic carbocycles. The van der Waals surface area contributed by atoms with Gasteiger partial charge in [0.15, 0.2) is 6.10 Å². The van der Waals surface area contributed by atoms with Crippen molar-refractivity contribution in [2.75, 3.05) is 7.11 Å². The summed E-state index contributed by atoms with van der Waals surface area (Å²) >= 11 is 0. The second-order valence-electron chi connectivity index (χ2n) is 13.2. The number of cyclic esters (lactones) is 1. The maximum Gasteiger partial charge on any atom is 0.397 e. The minimum absolute atomic E-state index is 0.0123. The highest BCUT2D eigenvalue weighted by Crippen LogP contribution is 2.51. The molecule has 3 aliphatic rings. The van der Waals surface area contributed by atoms with Gasteiger partial charge in [-0.15, -0.1) is 0 Å². The minimum Gasteiger partial charge on any atom is -0.456 e. The van der Waals surface area contributed by atoms with Crippen molar-refractivity contribution in [2.45, 2.75) is 96.5 Å². The van der Waals surface area contributed by atoms with E-state index in [1.807, 2.05) is 0 Å². The zero-order valence-electron chi connectivity index (χ0n) is 27.0. The van der Waals surface area contributed by atoms with Crippen LogP contribution < -0.4 is 5.32 Å². The van der Waals surface area contributed by atoms with Crippen LogP contribution in [0.4, 0.5) is 0 Å². The molecule has 9 atom stereocenters. The Hall–Kier alpha value is -3.74. The van der Waals surface area contributed by atoms with Gasteiger partial charge in [-0.3, -0.25) is 4.79 Å². The van der Waals surface area contributed by atoms with Crippen molar-refractivity contribution in [3.05, 3.63) is 59.0 Å². The normalized spacial score (nSPS) is 33.6. The summed E-state index contributed by atoms with van der Waals surface area (Å²) in [4.78, 5) is 54.1. The van der Waals surface area contributed by atoms with Gasteiger partial charge in [0.2, 0.25) is 0 Å². The molecule has 12 nitrogen and oxygen atoms in total. The second kappa shape index (κ2) is 12.9. The van der Waals surface area contributed by atoms with E-state index in [0.29, 0.717) is 11.1 Å². The molecule has 1 aromatic rings. The molecule has 1 amide bonds. The van der Waals surface area contributed by atoms with Gasteiger partial charge in [-0.2, -0.15) is 0 Å². The van der Waals surface area contributed by atoms with Crippen molar-refractivity contribution in [3.63, 3.8) is 0 Å². The number of carbonyl (C=O) groups excluding carboxylic acids is 4. The lowest BCUT2D eigenvalue weighted by atomic mass is 9.68. The van der Waals surface area contributed by atoms with Crippen molar-refractivity contribution in [2.24, 2.45) is 17.8 Å². The molecule has 12 heteroatoms. The number of H-pyrrole nitrogens is 1. The van der Waals surface area contributed by atoms with Gasteiger partial charge in [0.25, 0.3) is 0 Å². The van der Waals surface area contributed by atoms with E-state index >= 15 is 0 Å². The Morgan fingerprint density at radius 3 is 2.51 bits per heavy atom. The fourth-order valence-corrected chi connectivity index (χ4v) is 6.44. The first-order valence-corrected chi connectivity index (χ1v) is 15.1. The standard InChI is InChI=1S/C33H44N2O10/c1-16-14-17(2)33(41)20(11-12-21-24(33)25(36)18(3)27(21)45-29(38)22-10-9-13-34-22)15-23(42-8)30(39)44-26(16)19(4)43-31(40)28(37)35-32(5,6)7/h9-14,16,18-20,23,25-27,34,36,41H,15H2,1-8H3,(H,35,37)/b17-14+/t16?,18-,19?,20-,23+,25?,26?,27-,33?/m1/s1. The number of aliphatic hydroxyl groups is 2. The maximum absolute atomic E-state index is 13.4. The predicted molar refractivity (Wildman–Crippen MR) is 161 cm³/mol. The second-order valence-corrected chi connectivity index (χ2v) is 13.2. The fourth-order valence-electron chi connectivity index (χ4n) is 6.44. The molecule has 5 unspecified atom stereocenters. The molecule has 2 heterocycles. The molecule has 0 radical (unpaired) electrons. The molecule has 45 heavy (non-hydrogen) atoms. The molecule has 1 aromatic heterocycles. The van der Waals surface area contributed by atoms with Gasteiger partial charge in [-0.1, -0.05) is 32.1 Å². The first kappa shape index (κ1) is 34.1. The first-order chi connectivity index (χ1) is 21.0. The SMILES string of the molecule is CO[C@H]1C[C@H]2C=CC3=C(C(O)[C@@H](C)[C@H]3OC(=O)c3ccc[nH]3)C2(O)/C(C)=C/C(C)C(C(C)OC(=O)C(=O)NC(C)(C)C)OC1=O. The van der Waals surface area contributed by atoms with Crippen LogP contribution in [0.15, 0.2) is 53.3 Å². The Morgan fingerprint density at radius 1 is 1.22 bits per heavy atom. The number of aliphatic hydroxyl groups excluding tert-OH is 1. The third-order valence-electron chi connectivity index (χ3n) is 8.73. The van der Waals surface area contributed by atoms with Crippen LogP contribution in [0.2, 0.25) is 0 Å². The molecule has 0 saturated carbocycles. The summed E-state index contributed by atoms with van der Waals surface area (Å²) in [6, 6.07) is 3.25. The van der Waals surface area contributed by atoms with Crippen LogP contribution >= 0.6 is 0 Å². The molecule has 246 valence electrons. The third kappa shape index (κ3) is 6.78. The van der Waals surface area contributed by atoms with E-state index in [4.69, 9.17) is 18.9 Å². The molecule has 0 fully saturated rings. The maximum atomic E-state index is 13.4. The Morgan fingerprint density at radius 2 is 1.91 bits per heavy atom. The Kier molecular flexibility index (Phi) is 9.81. The predicted octanol–water partition coefficient (Wildman–Crippen LogP) is 2.52. The molecule has 1 aliphatic heterocycles. The van der Waals surface area contributed by atoms with Crippen molar-refractivity contribution in [1.82, 2.24) is 10.3 Å². The van der Waals surface area contributed by atoms with E-state index in [2.05, 4.69) is 10.3 Å². The van der Waals surface area contributed by atoms with Crippen LogP contribution in [0.25, 0.3) is 0 Å². The third-order valence-corrected chi connectivity index (χ3v) is 8.73. The number of ether oxygens (including phenoxy) is 4. The summed E-state index contributed by atoms with van der Waals surface area (Å²) < 4.78 is 22.6. The van der Waals surface area contributed by atoms with E-state index in [-0.39, 0.29) is 17.7 Å². The number of carbonyl (C=O) groups is 4. The van der Waals surface area contributed by atoms with Crippen LogP contribution in [0.3, 0.4) is 0 Å². The first-order valence-electron chi connectivity index (χ1n) is 15.1. The van der Waals surface area contributed by atoms with Crippen LogP contribution in [-0.2, 0) is 33.3 Å². The lowest BCUT2D eigenvalue weighted by Crippen LogP contribution is -2.50. The van der Waals surface area contributed by atoms with Crippen molar-refractivity contribution >= 4 is 23.8 Å². The quantitative estimate of drug-likeness (QED) is 0.164. The number of rotatable bonds is 5. The number of methoxy groups -OCH3 is 1. The van der Waals surface area contributed by atoms with Gasteiger partial charge >= 0.3 is 23.8 Å². The van der Waals surface area contributed by atoms with Gasteiger partial charge in [0, 0.05) is 42.2 Å². The van der Waals surface area contributed by atoms with Crippen LogP contribution in [0.5, 0.6) is 0 Å². The van der Waals surface area contributed by atoms with Gasteiger partial charge in [-0.25, -0.2) is 14.4 Å². The van der Waals surface area contributed by atoms with Crippen molar-refractivity contribution in [1.29, 1.82) is 0 Å². The van der Waals surface area contributed by atoms with Crippen molar-refractivity contribution in [3.8, 4) is 0 Å². The number of aromatic amines is 1. The van der Waals surface area contributed by atoms with E-state index in [1.54, 1.807) is 78.1 Å². The zero-order valence-corrected chi connectivity index (χ0v) is 27.0. The lowest BCUT2D eigenvalue weighted by Gasteiger charge is -2.43. The molecule has 0 saturated heterocycles. The summed E-state index contributed by atoms with van der Waals surface area (Å²) in [5, 5.41) is 26.7. The number of fused-ring (bicyclic) bond motifs is 2. The molecule has 0 aromatic carbocycles. The summed E-state index contributed by atoms with van der Waals surface area (Å²) in [5.41, 5.74) is -0.996. The molecule has 0 spiro atoms. The number of nitrogens with one attached hydrogen (secondary N) is 2. The van der Waals surface area contributed by atoms with Gasteiger partial charge in [0.1, 0.15) is 29.6 Å². The highest BCUT2D eigenvalue weighted by atomic mass is 16.6. The van der Waals surface area contributed by atoms with E-state index < -0.39 is 83.2 Å². The summed E-state index contributed by atoms with van der Waals surface area (Å²) in [7, 11) is 1.35. The zero-order chi connectivity index (χ0) is 33.4.